The van der Waals surface area contributed by atoms with Crippen molar-refractivity contribution in [3.8, 4) is 0 Å². The standard InChI is InChI=1S/C11H21N3O2/c1-5-12-10(11(15-3)16-4)8-9-6-7-14(2)13-9/h6-7,10-12H,5,8H2,1-4H3. The van der Waals surface area contributed by atoms with Crippen molar-refractivity contribution >= 4 is 0 Å². The van der Waals surface area contributed by atoms with Crippen molar-refractivity contribution < 1.29 is 9.47 Å². The highest BCUT2D eigenvalue weighted by Gasteiger charge is 2.21. The predicted octanol–water partition coefficient (Wildman–Crippen LogP) is 0.560. The van der Waals surface area contributed by atoms with Gasteiger partial charge in [-0.1, -0.05) is 6.92 Å². The Morgan fingerprint density at radius 1 is 1.44 bits per heavy atom. The number of nitrogens with zero attached hydrogens (tertiary/aromatic N) is 2. The highest BCUT2D eigenvalue weighted by Crippen LogP contribution is 2.07. The summed E-state index contributed by atoms with van der Waals surface area (Å²) in [6.45, 7) is 2.94. The Kier molecular flexibility index (Phi) is 5.45. The highest BCUT2D eigenvalue weighted by atomic mass is 16.7. The van der Waals surface area contributed by atoms with E-state index in [2.05, 4.69) is 17.3 Å². The molecule has 0 aliphatic heterocycles. The van der Waals surface area contributed by atoms with E-state index in [-0.39, 0.29) is 12.3 Å². The fraction of sp³-hybridized carbons (Fsp3) is 0.727. The molecule has 0 fully saturated rings. The van der Waals surface area contributed by atoms with Crippen molar-refractivity contribution in [3.63, 3.8) is 0 Å². The van der Waals surface area contributed by atoms with Gasteiger partial charge in [-0.25, -0.2) is 0 Å². The minimum atomic E-state index is -0.248. The molecule has 1 N–H and O–H groups in total. The molecule has 0 spiro atoms. The second-order valence-corrected chi connectivity index (χ2v) is 3.69. The maximum absolute atomic E-state index is 5.27. The summed E-state index contributed by atoms with van der Waals surface area (Å²) in [7, 11) is 5.21. The van der Waals surface area contributed by atoms with Crippen LogP contribution in [0.25, 0.3) is 0 Å². The molecule has 0 amide bonds. The van der Waals surface area contributed by atoms with Crippen molar-refractivity contribution in [1.82, 2.24) is 15.1 Å². The number of likely N-dealkylation sites (N-methyl/N-ethyl adjacent to an activating group) is 1. The summed E-state index contributed by atoms with van der Waals surface area (Å²) in [5.74, 6) is 0. The number of aromatic nitrogens is 2. The van der Waals surface area contributed by atoms with Gasteiger partial charge in [0, 0.05) is 33.9 Å². The summed E-state index contributed by atoms with van der Waals surface area (Å²) in [6, 6.07) is 2.13. The zero-order chi connectivity index (χ0) is 12.0. The largest absolute Gasteiger partial charge is 0.354 e. The SMILES string of the molecule is CCNC(Cc1ccn(C)n1)C(OC)OC. The minimum Gasteiger partial charge on any atom is -0.354 e. The Hall–Kier alpha value is -0.910. The topological polar surface area (TPSA) is 48.3 Å². The first-order valence-electron chi connectivity index (χ1n) is 5.48. The first kappa shape index (κ1) is 13.2. The van der Waals surface area contributed by atoms with Gasteiger partial charge in [0.25, 0.3) is 0 Å². The molecule has 0 bridgehead atoms. The summed E-state index contributed by atoms with van der Waals surface area (Å²) >= 11 is 0. The van der Waals surface area contributed by atoms with Crippen LogP contribution in [-0.4, -0.2) is 42.9 Å². The maximum atomic E-state index is 5.27. The summed E-state index contributed by atoms with van der Waals surface area (Å²) in [5, 5.41) is 7.69. The number of rotatable bonds is 7. The quantitative estimate of drug-likeness (QED) is 0.691. The molecular weight excluding hydrogens is 206 g/mol. The van der Waals surface area contributed by atoms with Crippen molar-refractivity contribution in [2.24, 2.45) is 7.05 Å². The lowest BCUT2D eigenvalue weighted by Gasteiger charge is -2.24. The maximum Gasteiger partial charge on any atom is 0.172 e. The average Bonchev–Trinajstić information content (AvgIpc) is 2.66. The monoisotopic (exact) mass is 227 g/mol. The van der Waals surface area contributed by atoms with Crippen LogP contribution in [0.15, 0.2) is 12.3 Å². The van der Waals surface area contributed by atoms with E-state index in [0.29, 0.717) is 0 Å². The van der Waals surface area contributed by atoms with Gasteiger partial charge in [0.15, 0.2) is 6.29 Å². The molecule has 1 rings (SSSR count). The molecule has 0 aliphatic carbocycles. The van der Waals surface area contributed by atoms with E-state index in [1.165, 1.54) is 0 Å². The third-order valence-electron chi connectivity index (χ3n) is 2.46. The van der Waals surface area contributed by atoms with Crippen molar-refractivity contribution in [1.29, 1.82) is 0 Å². The van der Waals surface area contributed by atoms with Gasteiger partial charge in [0.1, 0.15) is 0 Å². The third kappa shape index (κ3) is 3.59. The van der Waals surface area contributed by atoms with Gasteiger partial charge in [0.2, 0.25) is 0 Å². The van der Waals surface area contributed by atoms with E-state index in [4.69, 9.17) is 9.47 Å². The molecule has 92 valence electrons. The second-order valence-electron chi connectivity index (χ2n) is 3.69. The van der Waals surface area contributed by atoms with Crippen LogP contribution in [0, 0.1) is 0 Å². The van der Waals surface area contributed by atoms with E-state index >= 15 is 0 Å². The molecule has 1 aromatic heterocycles. The Balaban J connectivity index is 2.63. The molecule has 0 radical (unpaired) electrons. The van der Waals surface area contributed by atoms with Crippen LogP contribution in [0.5, 0.6) is 0 Å². The predicted molar refractivity (Wildman–Crippen MR) is 62.2 cm³/mol. The lowest BCUT2D eigenvalue weighted by atomic mass is 10.1. The van der Waals surface area contributed by atoms with Gasteiger partial charge >= 0.3 is 0 Å². The van der Waals surface area contributed by atoms with E-state index in [9.17, 15) is 0 Å². The van der Waals surface area contributed by atoms with Gasteiger partial charge in [0.05, 0.1) is 11.7 Å². The number of methoxy groups -OCH3 is 2. The van der Waals surface area contributed by atoms with Crippen LogP contribution in [0.1, 0.15) is 12.6 Å². The molecule has 0 aromatic carbocycles. The first-order valence-corrected chi connectivity index (χ1v) is 5.48. The molecule has 1 atom stereocenters. The van der Waals surface area contributed by atoms with Crippen LogP contribution in [0.3, 0.4) is 0 Å². The highest BCUT2D eigenvalue weighted by molar-refractivity contribution is 5.01. The molecule has 5 nitrogen and oxygen atoms in total. The summed E-state index contributed by atoms with van der Waals surface area (Å²) in [5.41, 5.74) is 1.03. The summed E-state index contributed by atoms with van der Waals surface area (Å²) in [6.07, 6.45) is 2.48. The van der Waals surface area contributed by atoms with Crippen molar-refractivity contribution in [2.45, 2.75) is 25.7 Å². The Morgan fingerprint density at radius 2 is 2.12 bits per heavy atom. The van der Waals surface area contributed by atoms with Crippen LogP contribution >= 0.6 is 0 Å². The minimum absolute atomic E-state index is 0.120. The van der Waals surface area contributed by atoms with Gasteiger partial charge in [-0.2, -0.15) is 5.10 Å². The van der Waals surface area contributed by atoms with Crippen LogP contribution in [0.4, 0.5) is 0 Å². The number of ether oxygens (including phenoxy) is 2. The molecule has 0 aliphatic rings. The van der Waals surface area contributed by atoms with Gasteiger partial charge in [-0.3, -0.25) is 4.68 Å². The van der Waals surface area contributed by atoms with E-state index < -0.39 is 0 Å². The first-order chi connectivity index (χ1) is 7.71. The zero-order valence-corrected chi connectivity index (χ0v) is 10.4. The van der Waals surface area contributed by atoms with E-state index in [0.717, 1.165) is 18.7 Å². The van der Waals surface area contributed by atoms with Crippen LogP contribution in [-0.2, 0) is 22.9 Å². The molecule has 1 aromatic rings. The zero-order valence-electron chi connectivity index (χ0n) is 10.4. The molecule has 0 saturated carbocycles. The van der Waals surface area contributed by atoms with Crippen LogP contribution < -0.4 is 5.32 Å². The van der Waals surface area contributed by atoms with Crippen LogP contribution in [0.2, 0.25) is 0 Å². The van der Waals surface area contributed by atoms with Gasteiger partial charge < -0.3 is 14.8 Å². The Bertz CT molecular complexity index is 297. The fourth-order valence-electron chi connectivity index (χ4n) is 1.75. The third-order valence-corrected chi connectivity index (χ3v) is 2.46. The van der Waals surface area contributed by atoms with Gasteiger partial charge in [-0.05, 0) is 12.6 Å². The lowest BCUT2D eigenvalue weighted by molar-refractivity contribution is -0.122. The van der Waals surface area contributed by atoms with E-state index in [1.54, 1.807) is 18.9 Å². The molecular formula is C11H21N3O2. The Morgan fingerprint density at radius 3 is 2.56 bits per heavy atom. The Labute approximate surface area is 96.7 Å². The smallest absolute Gasteiger partial charge is 0.172 e. The normalized spacial score (nSPS) is 13.3. The van der Waals surface area contributed by atoms with Gasteiger partial charge in [-0.15, -0.1) is 0 Å². The lowest BCUT2D eigenvalue weighted by Crippen LogP contribution is -2.43. The number of aryl methyl sites for hydroxylation is 1. The molecule has 5 heteroatoms. The van der Waals surface area contributed by atoms with Crippen molar-refractivity contribution in [3.05, 3.63) is 18.0 Å². The number of hydrogen-bond acceptors (Lipinski definition) is 4. The average molecular weight is 227 g/mol. The summed E-state index contributed by atoms with van der Waals surface area (Å²) in [4.78, 5) is 0. The molecule has 1 unspecified atom stereocenters. The second kappa shape index (κ2) is 6.62. The summed E-state index contributed by atoms with van der Waals surface area (Å²) < 4.78 is 12.3. The number of nitrogens with one attached hydrogen (secondary N) is 1. The van der Waals surface area contributed by atoms with E-state index in [1.807, 2.05) is 19.3 Å². The molecule has 0 saturated heterocycles. The molecule has 16 heavy (non-hydrogen) atoms. The van der Waals surface area contributed by atoms with Crippen molar-refractivity contribution in [2.75, 3.05) is 20.8 Å². The molecule has 1 heterocycles. The number of hydrogen-bond donors (Lipinski definition) is 1. The fourth-order valence-corrected chi connectivity index (χ4v) is 1.75.